The zero-order chi connectivity index (χ0) is 14.6. The molecule has 2 N–H and O–H groups in total. The summed E-state index contributed by atoms with van der Waals surface area (Å²) in [5, 5.41) is 10.4. The van der Waals surface area contributed by atoms with Crippen LogP contribution < -0.4 is 4.72 Å². The summed E-state index contributed by atoms with van der Waals surface area (Å²) in [4.78, 5) is 0. The topological polar surface area (TPSA) is 75.6 Å². The fourth-order valence-corrected chi connectivity index (χ4v) is 3.17. The third-order valence-electron chi connectivity index (χ3n) is 3.86. The second-order valence-electron chi connectivity index (χ2n) is 6.23. The summed E-state index contributed by atoms with van der Waals surface area (Å²) >= 11 is 0. The van der Waals surface area contributed by atoms with Gasteiger partial charge in [0.1, 0.15) is 0 Å². The summed E-state index contributed by atoms with van der Waals surface area (Å²) in [5.41, 5.74) is -0.645. The van der Waals surface area contributed by atoms with Crippen molar-refractivity contribution in [3.05, 3.63) is 0 Å². The Morgan fingerprint density at radius 3 is 2.32 bits per heavy atom. The van der Waals surface area contributed by atoms with Gasteiger partial charge >= 0.3 is 0 Å². The Balaban J connectivity index is 2.39. The van der Waals surface area contributed by atoms with E-state index in [1.54, 1.807) is 0 Å². The number of hydrogen-bond acceptors (Lipinski definition) is 4. The Morgan fingerprint density at radius 1 is 1.21 bits per heavy atom. The zero-order valence-corrected chi connectivity index (χ0v) is 13.1. The normalized spacial score (nSPS) is 22.3. The summed E-state index contributed by atoms with van der Waals surface area (Å²) in [7, 11) is -3.36. The molecule has 1 aliphatic rings. The fourth-order valence-electron chi connectivity index (χ4n) is 2.20. The monoisotopic (exact) mass is 293 g/mol. The van der Waals surface area contributed by atoms with Crippen LogP contribution >= 0.6 is 0 Å². The summed E-state index contributed by atoms with van der Waals surface area (Å²) in [5.74, 6) is -0.0532. The molecule has 0 aromatic rings. The van der Waals surface area contributed by atoms with Gasteiger partial charge in [0.05, 0.1) is 18.0 Å². The van der Waals surface area contributed by atoms with Gasteiger partial charge in [0.15, 0.2) is 0 Å². The summed E-state index contributed by atoms with van der Waals surface area (Å²) in [6, 6.07) is 0. The van der Waals surface area contributed by atoms with E-state index in [9.17, 15) is 13.5 Å². The molecular formula is C13H27NO4S. The molecule has 0 aromatic carbocycles. The molecular weight excluding hydrogens is 266 g/mol. The van der Waals surface area contributed by atoms with Crippen molar-refractivity contribution < 1.29 is 18.3 Å². The maximum atomic E-state index is 11.7. The molecule has 0 bridgehead atoms. The van der Waals surface area contributed by atoms with Gasteiger partial charge in [-0.3, -0.25) is 0 Å². The summed E-state index contributed by atoms with van der Waals surface area (Å²) in [6.07, 6.45) is 3.14. The van der Waals surface area contributed by atoms with E-state index in [0.29, 0.717) is 19.4 Å². The Bertz CT molecular complexity index is 368. The maximum absolute atomic E-state index is 11.7. The van der Waals surface area contributed by atoms with Gasteiger partial charge in [-0.2, -0.15) is 0 Å². The van der Waals surface area contributed by atoms with Crippen LogP contribution in [0.4, 0.5) is 0 Å². The van der Waals surface area contributed by atoms with E-state index in [0.717, 1.165) is 12.8 Å². The predicted octanol–water partition coefficient (Wildman–Crippen LogP) is 1.27. The fraction of sp³-hybridized carbons (Fsp3) is 1.00. The van der Waals surface area contributed by atoms with E-state index in [1.807, 2.05) is 6.92 Å². The number of ether oxygens (including phenoxy) is 1. The number of sulfonamides is 1. The quantitative estimate of drug-likeness (QED) is 0.693. The predicted molar refractivity (Wildman–Crippen MR) is 75.5 cm³/mol. The second kappa shape index (κ2) is 6.52. The van der Waals surface area contributed by atoms with Crippen molar-refractivity contribution >= 4 is 10.0 Å². The molecule has 114 valence electrons. The first-order chi connectivity index (χ1) is 8.68. The van der Waals surface area contributed by atoms with Crippen LogP contribution in [-0.4, -0.2) is 44.6 Å². The number of hydrogen-bond donors (Lipinski definition) is 2. The van der Waals surface area contributed by atoms with Crippen LogP contribution in [0.2, 0.25) is 0 Å². The molecule has 0 heterocycles. The van der Waals surface area contributed by atoms with Crippen molar-refractivity contribution in [1.82, 2.24) is 4.72 Å². The molecule has 0 amide bonds. The molecule has 6 heteroatoms. The minimum absolute atomic E-state index is 0.0532. The van der Waals surface area contributed by atoms with Gasteiger partial charge in [-0.25, -0.2) is 13.1 Å². The molecule has 19 heavy (non-hydrogen) atoms. The highest BCUT2D eigenvalue weighted by Gasteiger charge is 2.37. The standard InChI is InChI=1S/C13H27NO4S/c1-4-18-9-10-19(16,17)14-11-13(15)7-5-12(2,3)6-8-13/h14-15H,4-11H2,1-3H3. The van der Waals surface area contributed by atoms with Crippen molar-refractivity contribution in [2.24, 2.45) is 5.41 Å². The van der Waals surface area contributed by atoms with Gasteiger partial charge < -0.3 is 9.84 Å². The molecule has 1 fully saturated rings. The van der Waals surface area contributed by atoms with Crippen molar-refractivity contribution in [3.63, 3.8) is 0 Å². The molecule has 0 aliphatic heterocycles. The first kappa shape index (κ1) is 16.9. The SMILES string of the molecule is CCOCCS(=O)(=O)NCC1(O)CCC(C)(C)CC1. The van der Waals surface area contributed by atoms with Crippen LogP contribution in [0, 0.1) is 5.41 Å². The largest absolute Gasteiger partial charge is 0.389 e. The minimum atomic E-state index is -3.36. The Kier molecular flexibility index (Phi) is 5.79. The van der Waals surface area contributed by atoms with E-state index in [-0.39, 0.29) is 24.3 Å². The molecule has 0 radical (unpaired) electrons. The van der Waals surface area contributed by atoms with Gasteiger partial charge in [-0.1, -0.05) is 13.8 Å². The van der Waals surface area contributed by atoms with Gasteiger partial charge in [-0.05, 0) is 38.0 Å². The van der Waals surface area contributed by atoms with Gasteiger partial charge in [0.25, 0.3) is 0 Å². The van der Waals surface area contributed by atoms with Crippen LogP contribution in [0.25, 0.3) is 0 Å². The molecule has 5 nitrogen and oxygen atoms in total. The van der Waals surface area contributed by atoms with Gasteiger partial charge in [-0.15, -0.1) is 0 Å². The van der Waals surface area contributed by atoms with E-state index in [1.165, 1.54) is 0 Å². The van der Waals surface area contributed by atoms with Crippen molar-refractivity contribution in [3.8, 4) is 0 Å². The first-order valence-corrected chi connectivity index (χ1v) is 8.61. The lowest BCUT2D eigenvalue weighted by molar-refractivity contribution is -0.0206. The smallest absolute Gasteiger partial charge is 0.213 e. The second-order valence-corrected chi connectivity index (χ2v) is 8.15. The average molecular weight is 293 g/mol. The molecule has 1 saturated carbocycles. The maximum Gasteiger partial charge on any atom is 0.213 e. The highest BCUT2D eigenvalue weighted by atomic mass is 32.2. The Hall–Kier alpha value is -0.170. The summed E-state index contributed by atoms with van der Waals surface area (Å²) < 4.78 is 31.0. The lowest BCUT2D eigenvalue weighted by Crippen LogP contribution is -2.47. The molecule has 1 rings (SSSR count). The van der Waals surface area contributed by atoms with E-state index < -0.39 is 15.6 Å². The van der Waals surface area contributed by atoms with Crippen molar-refractivity contribution in [1.29, 1.82) is 0 Å². The third kappa shape index (κ3) is 6.21. The average Bonchev–Trinajstić information content (AvgIpc) is 2.32. The molecule has 0 saturated heterocycles. The molecule has 0 aromatic heterocycles. The highest BCUT2D eigenvalue weighted by Crippen LogP contribution is 2.39. The van der Waals surface area contributed by atoms with Crippen LogP contribution in [-0.2, 0) is 14.8 Å². The van der Waals surface area contributed by atoms with Gasteiger partial charge in [0, 0.05) is 13.2 Å². The Morgan fingerprint density at radius 2 is 1.79 bits per heavy atom. The van der Waals surface area contributed by atoms with Crippen LogP contribution in [0.5, 0.6) is 0 Å². The molecule has 0 atom stereocenters. The van der Waals surface area contributed by atoms with Crippen LogP contribution in [0.1, 0.15) is 46.5 Å². The third-order valence-corrected chi connectivity index (χ3v) is 5.14. The van der Waals surface area contributed by atoms with Crippen molar-refractivity contribution in [2.75, 3.05) is 25.5 Å². The zero-order valence-electron chi connectivity index (χ0n) is 12.2. The lowest BCUT2D eigenvalue weighted by Gasteiger charge is -2.40. The number of rotatable bonds is 7. The minimum Gasteiger partial charge on any atom is -0.389 e. The van der Waals surface area contributed by atoms with E-state index in [4.69, 9.17) is 4.74 Å². The van der Waals surface area contributed by atoms with Gasteiger partial charge in [0.2, 0.25) is 10.0 Å². The van der Waals surface area contributed by atoms with E-state index in [2.05, 4.69) is 18.6 Å². The van der Waals surface area contributed by atoms with Crippen LogP contribution in [0.3, 0.4) is 0 Å². The highest BCUT2D eigenvalue weighted by molar-refractivity contribution is 7.89. The Labute approximate surface area is 116 Å². The summed E-state index contributed by atoms with van der Waals surface area (Å²) in [6.45, 7) is 6.99. The number of nitrogens with one attached hydrogen (secondary N) is 1. The first-order valence-electron chi connectivity index (χ1n) is 6.96. The molecule has 0 unspecified atom stereocenters. The van der Waals surface area contributed by atoms with Crippen LogP contribution in [0.15, 0.2) is 0 Å². The number of aliphatic hydroxyl groups is 1. The molecule has 1 aliphatic carbocycles. The molecule has 0 spiro atoms. The lowest BCUT2D eigenvalue weighted by atomic mass is 9.71. The van der Waals surface area contributed by atoms with E-state index >= 15 is 0 Å². The van der Waals surface area contributed by atoms with Crippen molar-refractivity contribution in [2.45, 2.75) is 52.1 Å².